The summed E-state index contributed by atoms with van der Waals surface area (Å²) < 4.78 is 94.7. The van der Waals surface area contributed by atoms with Crippen LogP contribution in [0.2, 0.25) is 0 Å². The third-order valence-electron chi connectivity index (χ3n) is 5.26. The van der Waals surface area contributed by atoms with Crippen molar-refractivity contribution in [1.82, 2.24) is 45.1 Å². The Balaban J connectivity index is 1.39. The highest BCUT2D eigenvalue weighted by Crippen LogP contribution is 2.51. The number of nitrogens with zero attached hydrogens (tertiary/aromatic N) is 11. The van der Waals surface area contributed by atoms with Crippen LogP contribution in [0.5, 0.6) is 0 Å². The van der Waals surface area contributed by atoms with Gasteiger partial charge in [-0.05, 0) is 34.7 Å². The molecule has 34 heavy (non-hydrogen) atoms. The lowest BCUT2D eigenvalue weighted by Crippen LogP contribution is -2.51. The molecule has 0 N–H and O–H groups in total. The summed E-state index contributed by atoms with van der Waals surface area (Å²) in [4.78, 5) is 3.55. The maximum atomic E-state index is 14.2. The zero-order valence-corrected chi connectivity index (χ0v) is 16.7. The van der Waals surface area contributed by atoms with Crippen LogP contribution in [0.3, 0.4) is 0 Å². The lowest BCUT2D eigenvalue weighted by atomic mass is 10.1. The number of fused-ring (bicyclic) bond motifs is 2. The molecule has 0 bridgehead atoms. The molecule has 1 aliphatic heterocycles. The number of anilines is 2. The lowest BCUT2D eigenvalue weighted by molar-refractivity contribution is -0.361. The molecule has 0 saturated carbocycles. The fourth-order valence-electron chi connectivity index (χ4n) is 3.44. The number of rotatable bonds is 4. The molecule has 1 aliphatic rings. The van der Waals surface area contributed by atoms with Crippen LogP contribution < -0.4 is 9.80 Å². The van der Waals surface area contributed by atoms with E-state index >= 15 is 0 Å². The van der Waals surface area contributed by atoms with Crippen LogP contribution in [-0.2, 0) is 5.92 Å². The van der Waals surface area contributed by atoms with Crippen LogP contribution in [0.25, 0.3) is 11.3 Å². The summed E-state index contributed by atoms with van der Waals surface area (Å²) in [6.45, 7) is 1.47. The van der Waals surface area contributed by atoms with Gasteiger partial charge in [0, 0.05) is 26.2 Å². The van der Waals surface area contributed by atoms with Crippen molar-refractivity contribution in [2.24, 2.45) is 0 Å². The standard InChI is InChI=1S/C16H12F7N11/c17-14(18,15(19,20)16(21,22)23)13-26-24-9-1-3-11(27-33(9)13)31-5-7-32(8-6-31)12-4-2-10-25-29-30-34(10)28-12/h1-4H,5-8H2. The van der Waals surface area contributed by atoms with Crippen molar-refractivity contribution in [2.75, 3.05) is 36.0 Å². The molecule has 4 aromatic heterocycles. The first-order valence-corrected chi connectivity index (χ1v) is 9.60. The van der Waals surface area contributed by atoms with Gasteiger partial charge in [-0.2, -0.15) is 35.2 Å². The molecular weight excluding hydrogens is 479 g/mol. The Morgan fingerprint density at radius 3 is 1.88 bits per heavy atom. The highest BCUT2D eigenvalue weighted by molar-refractivity contribution is 5.49. The maximum Gasteiger partial charge on any atom is 0.460 e. The molecule has 0 atom stereocenters. The average Bonchev–Trinajstić information content (AvgIpc) is 3.44. The summed E-state index contributed by atoms with van der Waals surface area (Å²) in [6.07, 6.45) is -6.50. The van der Waals surface area contributed by atoms with Crippen LogP contribution in [0.1, 0.15) is 5.82 Å². The SMILES string of the molecule is FC(F)(F)C(F)(F)C(F)(F)c1nnc2ccc(N3CCN(c4ccc5nnnn5n4)CC3)nn12. The fourth-order valence-corrected chi connectivity index (χ4v) is 3.44. The zero-order chi connectivity index (χ0) is 24.3. The first-order chi connectivity index (χ1) is 16.0. The van der Waals surface area contributed by atoms with Crippen LogP contribution in [0, 0.1) is 0 Å². The van der Waals surface area contributed by atoms with Gasteiger partial charge < -0.3 is 9.80 Å². The molecule has 5 rings (SSSR count). The number of piperazine rings is 1. The number of aromatic nitrogens is 9. The number of halogens is 7. The number of hydrogen-bond donors (Lipinski definition) is 0. The van der Waals surface area contributed by atoms with E-state index in [1.807, 2.05) is 4.90 Å². The van der Waals surface area contributed by atoms with Crippen molar-refractivity contribution < 1.29 is 30.7 Å². The second-order valence-electron chi connectivity index (χ2n) is 7.32. The minimum atomic E-state index is -6.50. The first kappa shape index (κ1) is 22.0. The molecule has 0 spiro atoms. The maximum absolute atomic E-state index is 14.2. The molecule has 1 fully saturated rings. The molecule has 4 aromatic rings. The predicted octanol–water partition coefficient (Wildman–Crippen LogP) is 1.57. The molecule has 0 aliphatic carbocycles. The van der Waals surface area contributed by atoms with E-state index in [4.69, 9.17) is 0 Å². The van der Waals surface area contributed by atoms with Gasteiger partial charge in [0.2, 0.25) is 5.82 Å². The van der Waals surface area contributed by atoms with Crippen molar-refractivity contribution in [1.29, 1.82) is 0 Å². The monoisotopic (exact) mass is 491 g/mol. The zero-order valence-electron chi connectivity index (χ0n) is 16.7. The summed E-state index contributed by atoms with van der Waals surface area (Å²) in [5.74, 6) is -13.3. The van der Waals surface area contributed by atoms with E-state index in [1.54, 1.807) is 17.0 Å². The topological polar surface area (TPSA) is 106 Å². The van der Waals surface area contributed by atoms with Crippen molar-refractivity contribution in [2.45, 2.75) is 18.0 Å². The van der Waals surface area contributed by atoms with Crippen molar-refractivity contribution in [3.8, 4) is 0 Å². The number of alkyl halides is 7. The van der Waals surface area contributed by atoms with Gasteiger partial charge in [0.1, 0.15) is 5.82 Å². The van der Waals surface area contributed by atoms with Gasteiger partial charge >= 0.3 is 18.0 Å². The molecule has 0 unspecified atom stereocenters. The van der Waals surface area contributed by atoms with Crippen molar-refractivity contribution in [3.05, 3.63) is 30.1 Å². The number of hydrogen-bond acceptors (Lipinski definition) is 9. The third kappa shape index (κ3) is 3.31. The van der Waals surface area contributed by atoms with E-state index in [0.29, 0.717) is 37.6 Å². The predicted molar refractivity (Wildman–Crippen MR) is 98.7 cm³/mol. The summed E-state index contributed by atoms with van der Waals surface area (Å²) >= 11 is 0. The van der Waals surface area contributed by atoms with Gasteiger partial charge in [0.15, 0.2) is 17.1 Å². The van der Waals surface area contributed by atoms with Crippen LogP contribution in [-0.4, -0.2) is 83.3 Å². The summed E-state index contributed by atoms with van der Waals surface area (Å²) in [7, 11) is 0. The molecule has 1 saturated heterocycles. The smallest absolute Gasteiger partial charge is 0.352 e. The largest absolute Gasteiger partial charge is 0.460 e. The minimum Gasteiger partial charge on any atom is -0.352 e. The second-order valence-corrected chi connectivity index (χ2v) is 7.32. The summed E-state index contributed by atoms with van der Waals surface area (Å²) in [6, 6.07) is 5.93. The van der Waals surface area contributed by atoms with Crippen molar-refractivity contribution in [3.63, 3.8) is 0 Å². The van der Waals surface area contributed by atoms with Gasteiger partial charge in [0.25, 0.3) is 0 Å². The van der Waals surface area contributed by atoms with Gasteiger partial charge in [0.05, 0.1) is 0 Å². The Morgan fingerprint density at radius 1 is 0.676 bits per heavy atom. The van der Waals surface area contributed by atoms with Crippen LogP contribution in [0.4, 0.5) is 42.4 Å². The highest BCUT2D eigenvalue weighted by atomic mass is 19.4. The van der Waals surface area contributed by atoms with E-state index in [-0.39, 0.29) is 10.3 Å². The molecule has 0 amide bonds. The van der Waals surface area contributed by atoms with E-state index in [0.717, 1.165) is 6.07 Å². The second kappa shape index (κ2) is 7.32. The molecule has 0 radical (unpaired) electrons. The van der Waals surface area contributed by atoms with Crippen LogP contribution >= 0.6 is 0 Å². The normalized spacial score (nSPS) is 16.1. The fraction of sp³-hybridized carbons (Fsp3) is 0.438. The highest BCUT2D eigenvalue weighted by Gasteiger charge is 2.75. The summed E-state index contributed by atoms with van der Waals surface area (Å²) in [5, 5.41) is 25.2. The minimum absolute atomic E-state index is 0.0724. The van der Waals surface area contributed by atoms with E-state index in [1.165, 1.54) is 10.7 Å². The van der Waals surface area contributed by atoms with E-state index < -0.39 is 29.5 Å². The van der Waals surface area contributed by atoms with Gasteiger partial charge in [-0.25, -0.2) is 0 Å². The van der Waals surface area contributed by atoms with E-state index in [2.05, 4.69) is 35.9 Å². The van der Waals surface area contributed by atoms with Crippen LogP contribution in [0.15, 0.2) is 24.3 Å². The summed E-state index contributed by atoms with van der Waals surface area (Å²) in [5.41, 5.74) is 0.0477. The first-order valence-electron chi connectivity index (χ1n) is 9.60. The lowest BCUT2D eigenvalue weighted by Gasteiger charge is -2.35. The van der Waals surface area contributed by atoms with Crippen molar-refractivity contribution >= 4 is 22.9 Å². The molecule has 11 nitrogen and oxygen atoms in total. The molecule has 0 aromatic carbocycles. The average molecular weight is 491 g/mol. The Hall–Kier alpha value is -3.86. The quantitative estimate of drug-likeness (QED) is 0.394. The molecule has 180 valence electrons. The van der Waals surface area contributed by atoms with Gasteiger partial charge in [-0.15, -0.1) is 30.1 Å². The Kier molecular flexibility index (Phi) is 4.73. The van der Waals surface area contributed by atoms with E-state index in [9.17, 15) is 30.7 Å². The molecular formula is C16H12F7N11. The molecule has 5 heterocycles. The third-order valence-corrected chi connectivity index (χ3v) is 5.26. The Bertz CT molecular complexity index is 1340. The van der Waals surface area contributed by atoms with Gasteiger partial charge in [-0.1, -0.05) is 0 Å². The van der Waals surface area contributed by atoms with Gasteiger partial charge in [-0.3, -0.25) is 0 Å². The molecule has 18 heteroatoms. The Labute approximate surface area is 183 Å². The Morgan fingerprint density at radius 2 is 1.26 bits per heavy atom. The number of tetrazole rings is 1.